The number of carbonyl (C=O) groups excluding carboxylic acids is 1. The molecule has 2 atom stereocenters. The molecule has 20 heavy (non-hydrogen) atoms. The van der Waals surface area contributed by atoms with Crippen LogP contribution in [0.15, 0.2) is 0 Å². The van der Waals surface area contributed by atoms with E-state index in [0.717, 1.165) is 45.1 Å². The Morgan fingerprint density at radius 1 is 1.30 bits per heavy atom. The number of amides is 1. The molecule has 3 N–H and O–H groups in total. The third kappa shape index (κ3) is 3.53. The Bertz CT molecular complexity index is 343. The maximum absolute atomic E-state index is 12.3. The summed E-state index contributed by atoms with van der Waals surface area (Å²) in [7, 11) is 0. The van der Waals surface area contributed by atoms with Crippen molar-refractivity contribution < 1.29 is 9.53 Å². The van der Waals surface area contributed by atoms with Gasteiger partial charge in [0.2, 0.25) is 5.91 Å². The van der Waals surface area contributed by atoms with Gasteiger partial charge in [-0.3, -0.25) is 4.79 Å². The molecule has 1 saturated heterocycles. The van der Waals surface area contributed by atoms with E-state index < -0.39 is 5.54 Å². The minimum absolute atomic E-state index is 0.0354. The molecule has 116 valence electrons. The molecule has 0 aromatic heterocycles. The van der Waals surface area contributed by atoms with Crippen LogP contribution in [0.5, 0.6) is 0 Å². The van der Waals surface area contributed by atoms with Gasteiger partial charge in [0, 0.05) is 19.1 Å². The monoisotopic (exact) mass is 282 g/mol. The van der Waals surface area contributed by atoms with Gasteiger partial charge in [0.05, 0.1) is 11.6 Å². The summed E-state index contributed by atoms with van der Waals surface area (Å²) in [6.45, 7) is 8.16. The molecule has 2 fully saturated rings. The molecule has 0 aromatic rings. The Labute approximate surface area is 122 Å². The fourth-order valence-electron chi connectivity index (χ4n) is 3.64. The van der Waals surface area contributed by atoms with Gasteiger partial charge in [0.1, 0.15) is 0 Å². The largest absolute Gasteiger partial charge is 0.377 e. The number of carbonyl (C=O) groups is 1. The van der Waals surface area contributed by atoms with E-state index in [9.17, 15) is 4.79 Å². The molecule has 4 nitrogen and oxygen atoms in total. The third-order valence-corrected chi connectivity index (χ3v) is 4.77. The normalized spacial score (nSPS) is 30.2. The van der Waals surface area contributed by atoms with Crippen LogP contribution in [-0.4, -0.2) is 30.7 Å². The predicted octanol–water partition coefficient (Wildman–Crippen LogP) is 2.22. The van der Waals surface area contributed by atoms with Gasteiger partial charge in [-0.15, -0.1) is 0 Å². The van der Waals surface area contributed by atoms with Crippen LogP contribution in [0.1, 0.15) is 59.3 Å². The van der Waals surface area contributed by atoms with Crippen molar-refractivity contribution in [3.8, 4) is 0 Å². The molecule has 1 amide bonds. The van der Waals surface area contributed by atoms with E-state index in [-0.39, 0.29) is 17.4 Å². The highest BCUT2D eigenvalue weighted by Crippen LogP contribution is 2.34. The first-order valence-corrected chi connectivity index (χ1v) is 8.02. The van der Waals surface area contributed by atoms with Crippen molar-refractivity contribution in [2.75, 3.05) is 13.2 Å². The summed E-state index contributed by atoms with van der Waals surface area (Å²) in [5, 5.41) is 3.09. The molecule has 1 aliphatic carbocycles. The summed E-state index contributed by atoms with van der Waals surface area (Å²) in [5.74, 6) is 0.436. The Kier molecular flexibility index (Phi) is 4.75. The zero-order valence-electron chi connectivity index (χ0n) is 13.2. The highest BCUT2D eigenvalue weighted by Gasteiger charge is 2.39. The van der Waals surface area contributed by atoms with Crippen molar-refractivity contribution in [2.45, 2.75) is 70.9 Å². The summed E-state index contributed by atoms with van der Waals surface area (Å²) >= 11 is 0. The number of hydrogen-bond donors (Lipinski definition) is 2. The Morgan fingerprint density at radius 2 is 1.95 bits per heavy atom. The molecule has 1 aliphatic heterocycles. The van der Waals surface area contributed by atoms with E-state index in [1.54, 1.807) is 0 Å². The average molecular weight is 282 g/mol. The van der Waals surface area contributed by atoms with E-state index in [1.807, 2.05) is 0 Å². The molecular formula is C16H30N2O2. The fraction of sp³-hybridized carbons (Fsp3) is 0.938. The van der Waals surface area contributed by atoms with Crippen LogP contribution in [0.2, 0.25) is 0 Å². The van der Waals surface area contributed by atoms with Gasteiger partial charge in [0.25, 0.3) is 0 Å². The Hall–Kier alpha value is -0.610. The second kappa shape index (κ2) is 6.02. The summed E-state index contributed by atoms with van der Waals surface area (Å²) in [6.07, 6.45) is 6.21. The first-order valence-electron chi connectivity index (χ1n) is 8.02. The molecule has 0 radical (unpaired) electrons. The topological polar surface area (TPSA) is 64.3 Å². The van der Waals surface area contributed by atoms with Crippen LogP contribution < -0.4 is 11.1 Å². The molecule has 2 aliphatic rings. The lowest BCUT2D eigenvalue weighted by Crippen LogP contribution is -2.54. The van der Waals surface area contributed by atoms with Gasteiger partial charge >= 0.3 is 0 Å². The van der Waals surface area contributed by atoms with Crippen LogP contribution in [0.25, 0.3) is 0 Å². The van der Waals surface area contributed by atoms with E-state index in [1.165, 1.54) is 0 Å². The first kappa shape index (κ1) is 15.8. The van der Waals surface area contributed by atoms with Crippen molar-refractivity contribution >= 4 is 5.91 Å². The Balaban J connectivity index is 1.90. The molecule has 2 unspecified atom stereocenters. The van der Waals surface area contributed by atoms with Gasteiger partial charge < -0.3 is 15.8 Å². The van der Waals surface area contributed by atoms with Crippen LogP contribution >= 0.6 is 0 Å². The maximum Gasteiger partial charge on any atom is 0.240 e. The van der Waals surface area contributed by atoms with E-state index in [4.69, 9.17) is 10.5 Å². The van der Waals surface area contributed by atoms with Crippen molar-refractivity contribution in [1.82, 2.24) is 5.32 Å². The molecule has 0 spiro atoms. The summed E-state index contributed by atoms with van der Waals surface area (Å²) in [5.41, 5.74) is 5.69. The second-order valence-corrected chi connectivity index (χ2v) is 7.63. The van der Waals surface area contributed by atoms with E-state index in [2.05, 4.69) is 26.1 Å². The molecular weight excluding hydrogens is 252 g/mol. The quantitative estimate of drug-likeness (QED) is 0.834. The van der Waals surface area contributed by atoms with Crippen molar-refractivity contribution in [1.29, 1.82) is 0 Å². The second-order valence-electron chi connectivity index (χ2n) is 7.63. The van der Waals surface area contributed by atoms with E-state index >= 15 is 0 Å². The van der Waals surface area contributed by atoms with Crippen LogP contribution in [0.3, 0.4) is 0 Å². The lowest BCUT2D eigenvalue weighted by molar-refractivity contribution is -0.128. The van der Waals surface area contributed by atoms with Crippen LogP contribution in [-0.2, 0) is 9.53 Å². The molecule has 1 heterocycles. The highest BCUT2D eigenvalue weighted by molar-refractivity contribution is 5.86. The standard InChI is InChI=1S/C16H30N2O2/c1-15(2,3)13-12(7-6-10-20-13)11-18-14(19)16(17)8-4-5-9-16/h12-13H,4-11,17H2,1-3H3,(H,18,19). The van der Waals surface area contributed by atoms with Gasteiger partial charge in [-0.1, -0.05) is 33.6 Å². The van der Waals surface area contributed by atoms with Crippen molar-refractivity contribution in [2.24, 2.45) is 17.1 Å². The average Bonchev–Trinajstić information content (AvgIpc) is 2.83. The zero-order chi connectivity index (χ0) is 14.8. The Morgan fingerprint density at radius 3 is 2.55 bits per heavy atom. The number of hydrogen-bond acceptors (Lipinski definition) is 3. The van der Waals surface area contributed by atoms with Gasteiger partial charge in [0.15, 0.2) is 0 Å². The van der Waals surface area contributed by atoms with Crippen LogP contribution in [0, 0.1) is 11.3 Å². The minimum atomic E-state index is -0.618. The highest BCUT2D eigenvalue weighted by atomic mass is 16.5. The third-order valence-electron chi connectivity index (χ3n) is 4.77. The molecule has 2 rings (SSSR count). The van der Waals surface area contributed by atoms with Crippen molar-refractivity contribution in [3.05, 3.63) is 0 Å². The molecule has 0 bridgehead atoms. The molecule has 4 heteroatoms. The van der Waals surface area contributed by atoms with Crippen molar-refractivity contribution in [3.63, 3.8) is 0 Å². The first-order chi connectivity index (χ1) is 9.33. The molecule has 0 aromatic carbocycles. The number of rotatable bonds is 3. The fourth-order valence-corrected chi connectivity index (χ4v) is 3.64. The summed E-state index contributed by atoms with van der Waals surface area (Å²) in [4.78, 5) is 12.3. The number of nitrogens with one attached hydrogen (secondary N) is 1. The number of nitrogens with two attached hydrogens (primary N) is 1. The predicted molar refractivity (Wildman–Crippen MR) is 80.3 cm³/mol. The number of ether oxygens (including phenoxy) is 1. The van der Waals surface area contributed by atoms with Gasteiger partial charge in [-0.2, -0.15) is 0 Å². The summed E-state index contributed by atoms with van der Waals surface area (Å²) < 4.78 is 5.96. The summed E-state index contributed by atoms with van der Waals surface area (Å²) in [6, 6.07) is 0. The zero-order valence-corrected chi connectivity index (χ0v) is 13.2. The van der Waals surface area contributed by atoms with E-state index in [0.29, 0.717) is 12.5 Å². The SMILES string of the molecule is CC(C)(C)C1OCCCC1CNC(=O)C1(N)CCCC1. The maximum atomic E-state index is 12.3. The van der Waals surface area contributed by atoms with Crippen LogP contribution in [0.4, 0.5) is 0 Å². The minimum Gasteiger partial charge on any atom is -0.377 e. The lowest BCUT2D eigenvalue weighted by atomic mass is 9.78. The smallest absolute Gasteiger partial charge is 0.240 e. The van der Waals surface area contributed by atoms with Gasteiger partial charge in [-0.05, 0) is 31.1 Å². The van der Waals surface area contributed by atoms with Gasteiger partial charge in [-0.25, -0.2) is 0 Å². The lowest BCUT2D eigenvalue weighted by Gasteiger charge is -2.40. The molecule has 1 saturated carbocycles.